The van der Waals surface area contributed by atoms with Crippen molar-refractivity contribution >= 4 is 51.2 Å². The van der Waals surface area contributed by atoms with Crippen LogP contribution in [0.25, 0.3) is 11.1 Å². The molecule has 0 unspecified atom stereocenters. The fourth-order valence-electron chi connectivity index (χ4n) is 3.18. The highest BCUT2D eigenvalue weighted by Gasteiger charge is 2.15. The standard InChI is InChI=1S/C26H27BrF2N8O/c1-31-14-18(13-30)34-26-32-15-19(16-6-8-20(27)22(29)11-16)25(36-26)35-23-12-17(7-9-21(23)28)33-24(38)5-4-10-37(2)3/h4-9,11-15H,10,30H2,1-3H3,(H,33,38)(H2,32,34,35,36)/b5-4+,18-13+,31-14?. The first-order valence-corrected chi connectivity index (χ1v) is 12.1. The van der Waals surface area contributed by atoms with Crippen LogP contribution in [-0.2, 0) is 4.79 Å². The van der Waals surface area contributed by atoms with E-state index in [1.54, 1.807) is 25.3 Å². The highest BCUT2D eigenvalue weighted by Crippen LogP contribution is 2.33. The third-order valence-corrected chi connectivity index (χ3v) is 5.59. The zero-order valence-corrected chi connectivity index (χ0v) is 22.6. The number of aliphatic imine (C=N–C) groups is 1. The van der Waals surface area contributed by atoms with Gasteiger partial charge in [0.1, 0.15) is 17.5 Å². The van der Waals surface area contributed by atoms with Crippen molar-refractivity contribution in [1.82, 2.24) is 14.9 Å². The second kappa shape index (κ2) is 13.4. The molecule has 0 aliphatic carbocycles. The molecule has 0 saturated carbocycles. The molecule has 198 valence electrons. The molecule has 0 saturated heterocycles. The van der Waals surface area contributed by atoms with Gasteiger partial charge in [0.25, 0.3) is 0 Å². The molecule has 5 N–H and O–H groups in total. The summed E-state index contributed by atoms with van der Waals surface area (Å²) in [4.78, 5) is 26.8. The summed E-state index contributed by atoms with van der Waals surface area (Å²) in [7, 11) is 5.35. The lowest BCUT2D eigenvalue weighted by atomic mass is 10.1. The number of carbonyl (C=O) groups excluding carboxylic acids is 1. The largest absolute Gasteiger partial charge is 0.403 e. The number of anilines is 4. The predicted octanol–water partition coefficient (Wildman–Crippen LogP) is 4.90. The van der Waals surface area contributed by atoms with Crippen LogP contribution >= 0.6 is 15.9 Å². The van der Waals surface area contributed by atoms with Gasteiger partial charge in [-0.1, -0.05) is 12.1 Å². The molecule has 0 bridgehead atoms. The molecular weight excluding hydrogens is 558 g/mol. The normalized spacial score (nSPS) is 11.9. The summed E-state index contributed by atoms with van der Waals surface area (Å²) in [5.74, 6) is -1.11. The fourth-order valence-corrected chi connectivity index (χ4v) is 3.42. The topological polar surface area (TPSA) is 121 Å². The van der Waals surface area contributed by atoms with E-state index in [0.717, 1.165) is 0 Å². The lowest BCUT2D eigenvalue weighted by Gasteiger charge is -2.15. The first kappa shape index (κ1) is 28.4. The fraction of sp³-hybridized carbons (Fsp3) is 0.154. The minimum absolute atomic E-state index is 0.0354. The summed E-state index contributed by atoms with van der Waals surface area (Å²) >= 11 is 3.14. The Hall–Kier alpha value is -4.16. The number of halogens is 3. The van der Waals surface area contributed by atoms with Crippen LogP contribution in [0, 0.1) is 11.6 Å². The van der Waals surface area contributed by atoms with Gasteiger partial charge in [0, 0.05) is 49.5 Å². The van der Waals surface area contributed by atoms with Crippen LogP contribution in [0.2, 0.25) is 0 Å². The second-order valence-corrected chi connectivity index (χ2v) is 9.05. The molecule has 0 aliphatic rings. The number of carbonyl (C=O) groups is 1. The zero-order valence-electron chi connectivity index (χ0n) is 21.0. The number of benzene rings is 2. The quantitative estimate of drug-likeness (QED) is 0.197. The average Bonchev–Trinajstić information content (AvgIpc) is 2.87. The van der Waals surface area contributed by atoms with Crippen molar-refractivity contribution in [3.63, 3.8) is 0 Å². The molecule has 1 amide bonds. The van der Waals surface area contributed by atoms with Gasteiger partial charge in [-0.2, -0.15) is 4.98 Å². The van der Waals surface area contributed by atoms with E-state index in [2.05, 4.69) is 46.8 Å². The smallest absolute Gasteiger partial charge is 0.248 e. The monoisotopic (exact) mass is 584 g/mol. The minimum Gasteiger partial charge on any atom is -0.403 e. The Morgan fingerprint density at radius 2 is 1.95 bits per heavy atom. The van der Waals surface area contributed by atoms with Gasteiger partial charge in [-0.3, -0.25) is 9.79 Å². The van der Waals surface area contributed by atoms with Gasteiger partial charge in [-0.15, -0.1) is 0 Å². The maximum Gasteiger partial charge on any atom is 0.248 e. The number of likely N-dealkylation sites (N-methyl/N-ethyl adjacent to an activating group) is 1. The molecule has 1 heterocycles. The van der Waals surface area contributed by atoms with Crippen molar-refractivity contribution < 1.29 is 13.6 Å². The van der Waals surface area contributed by atoms with E-state index in [1.807, 2.05) is 19.0 Å². The molecule has 0 fully saturated rings. The summed E-state index contributed by atoms with van der Waals surface area (Å²) in [5.41, 5.74) is 7.31. The summed E-state index contributed by atoms with van der Waals surface area (Å²) < 4.78 is 29.4. The molecule has 38 heavy (non-hydrogen) atoms. The third kappa shape index (κ3) is 7.92. The molecule has 0 radical (unpaired) electrons. The van der Waals surface area contributed by atoms with Crippen molar-refractivity contribution in [3.8, 4) is 11.1 Å². The van der Waals surface area contributed by atoms with Crippen LogP contribution < -0.4 is 21.7 Å². The first-order chi connectivity index (χ1) is 18.2. The highest BCUT2D eigenvalue weighted by atomic mass is 79.9. The number of allylic oxidation sites excluding steroid dienone is 1. The third-order valence-electron chi connectivity index (χ3n) is 4.95. The van der Waals surface area contributed by atoms with E-state index < -0.39 is 11.6 Å². The van der Waals surface area contributed by atoms with Gasteiger partial charge in [0.15, 0.2) is 0 Å². The van der Waals surface area contributed by atoms with Crippen LogP contribution in [0.4, 0.5) is 31.9 Å². The number of nitrogens with zero attached hydrogens (tertiary/aromatic N) is 4. The maximum atomic E-state index is 14.8. The number of rotatable bonds is 10. The summed E-state index contributed by atoms with van der Waals surface area (Å²) in [6.45, 7) is 0.596. The van der Waals surface area contributed by atoms with Gasteiger partial charge in [-0.25, -0.2) is 13.8 Å². The van der Waals surface area contributed by atoms with E-state index >= 15 is 0 Å². The number of amides is 1. The Bertz CT molecular complexity index is 1390. The van der Waals surface area contributed by atoms with Gasteiger partial charge in [0.2, 0.25) is 11.9 Å². The molecule has 0 spiro atoms. The molecule has 1 aromatic heterocycles. The summed E-state index contributed by atoms with van der Waals surface area (Å²) in [6.07, 6.45) is 7.36. The van der Waals surface area contributed by atoms with Gasteiger partial charge in [0.05, 0.1) is 15.9 Å². The Morgan fingerprint density at radius 3 is 2.63 bits per heavy atom. The van der Waals surface area contributed by atoms with Gasteiger partial charge < -0.3 is 26.6 Å². The molecule has 9 nitrogen and oxygen atoms in total. The highest BCUT2D eigenvalue weighted by molar-refractivity contribution is 9.10. The number of aromatic nitrogens is 2. The lowest BCUT2D eigenvalue weighted by Crippen LogP contribution is -2.13. The van der Waals surface area contributed by atoms with E-state index in [0.29, 0.717) is 33.5 Å². The summed E-state index contributed by atoms with van der Waals surface area (Å²) in [5, 5.41) is 8.57. The van der Waals surface area contributed by atoms with Crippen molar-refractivity contribution in [2.45, 2.75) is 0 Å². The van der Waals surface area contributed by atoms with Crippen molar-refractivity contribution in [2.75, 3.05) is 43.6 Å². The maximum absolute atomic E-state index is 14.8. The Morgan fingerprint density at radius 1 is 1.16 bits per heavy atom. The summed E-state index contributed by atoms with van der Waals surface area (Å²) in [6, 6.07) is 8.62. The zero-order chi connectivity index (χ0) is 27.7. The van der Waals surface area contributed by atoms with Crippen LogP contribution in [0.1, 0.15) is 0 Å². The van der Waals surface area contributed by atoms with E-state index in [1.165, 1.54) is 49.0 Å². The van der Waals surface area contributed by atoms with Gasteiger partial charge in [-0.05, 0) is 65.9 Å². The van der Waals surface area contributed by atoms with E-state index in [-0.39, 0.29) is 23.4 Å². The van der Waals surface area contributed by atoms with Crippen molar-refractivity contribution in [1.29, 1.82) is 0 Å². The predicted molar refractivity (Wildman–Crippen MR) is 151 cm³/mol. The number of nitrogens with one attached hydrogen (secondary N) is 3. The Balaban J connectivity index is 1.98. The van der Waals surface area contributed by atoms with Gasteiger partial charge >= 0.3 is 0 Å². The molecule has 2 aromatic carbocycles. The number of nitrogens with two attached hydrogens (primary N) is 1. The first-order valence-electron chi connectivity index (χ1n) is 11.3. The van der Waals surface area contributed by atoms with E-state index in [9.17, 15) is 13.6 Å². The van der Waals surface area contributed by atoms with Crippen molar-refractivity contribution in [2.24, 2.45) is 10.7 Å². The molecule has 3 aromatic rings. The average molecular weight is 585 g/mol. The van der Waals surface area contributed by atoms with Crippen LogP contribution in [0.5, 0.6) is 0 Å². The molecular formula is C26H27BrF2N8O. The SMILES string of the molecule is CN=C/C(=C\N)Nc1ncc(-c2ccc(Br)c(F)c2)c(Nc2cc(NC(=O)/C=C/CN(C)C)ccc2F)n1. The van der Waals surface area contributed by atoms with Crippen LogP contribution in [0.3, 0.4) is 0 Å². The van der Waals surface area contributed by atoms with Crippen LogP contribution in [-0.4, -0.2) is 54.7 Å². The Kier molecular flexibility index (Phi) is 10.0. The number of hydrogen-bond donors (Lipinski definition) is 4. The second-order valence-electron chi connectivity index (χ2n) is 8.19. The Labute approximate surface area is 227 Å². The lowest BCUT2D eigenvalue weighted by molar-refractivity contribution is -0.111. The molecule has 3 rings (SSSR count). The molecule has 12 heteroatoms. The molecule has 0 aliphatic heterocycles. The number of hydrogen-bond acceptors (Lipinski definition) is 8. The molecule has 0 atom stereocenters. The van der Waals surface area contributed by atoms with Crippen molar-refractivity contribution in [3.05, 3.63) is 82.8 Å². The van der Waals surface area contributed by atoms with Crippen LogP contribution in [0.15, 0.2) is 76.1 Å². The minimum atomic E-state index is -0.590. The van der Waals surface area contributed by atoms with E-state index in [4.69, 9.17) is 5.73 Å².